The third-order valence-electron chi connectivity index (χ3n) is 3.01. The van der Waals surface area contributed by atoms with Gasteiger partial charge in [0.15, 0.2) is 0 Å². The van der Waals surface area contributed by atoms with Gasteiger partial charge in [-0.2, -0.15) is 0 Å². The number of hydrogen-bond acceptors (Lipinski definition) is 2. The van der Waals surface area contributed by atoms with Gasteiger partial charge in [0.05, 0.1) is 0 Å². The SMILES string of the molecule is CCNC(Cc1nccn1C)c1cccc(F)c1. The third kappa shape index (κ3) is 2.96. The molecule has 0 fully saturated rings. The van der Waals surface area contributed by atoms with Gasteiger partial charge in [-0.05, 0) is 24.2 Å². The summed E-state index contributed by atoms with van der Waals surface area (Å²) in [7, 11) is 1.97. The summed E-state index contributed by atoms with van der Waals surface area (Å²) in [4.78, 5) is 4.31. The van der Waals surface area contributed by atoms with Crippen LogP contribution in [-0.4, -0.2) is 16.1 Å². The maximum absolute atomic E-state index is 13.3. The molecule has 0 saturated carbocycles. The minimum Gasteiger partial charge on any atom is -0.338 e. The number of halogens is 1. The van der Waals surface area contributed by atoms with E-state index in [4.69, 9.17) is 0 Å². The Labute approximate surface area is 107 Å². The molecule has 0 radical (unpaired) electrons. The van der Waals surface area contributed by atoms with Gasteiger partial charge in [-0.25, -0.2) is 9.37 Å². The molecule has 2 rings (SSSR count). The van der Waals surface area contributed by atoms with Gasteiger partial charge < -0.3 is 9.88 Å². The van der Waals surface area contributed by atoms with Gasteiger partial charge in [-0.3, -0.25) is 0 Å². The smallest absolute Gasteiger partial charge is 0.123 e. The second kappa shape index (κ2) is 5.78. The Morgan fingerprint density at radius 1 is 1.44 bits per heavy atom. The monoisotopic (exact) mass is 247 g/mol. The number of imidazole rings is 1. The molecule has 3 nitrogen and oxygen atoms in total. The summed E-state index contributed by atoms with van der Waals surface area (Å²) in [5, 5.41) is 3.37. The van der Waals surface area contributed by atoms with Crippen LogP contribution in [0.25, 0.3) is 0 Å². The Morgan fingerprint density at radius 2 is 2.28 bits per heavy atom. The number of nitrogens with one attached hydrogen (secondary N) is 1. The minimum atomic E-state index is -0.199. The first-order chi connectivity index (χ1) is 8.70. The molecule has 0 aliphatic carbocycles. The summed E-state index contributed by atoms with van der Waals surface area (Å²) in [6.07, 6.45) is 4.45. The fourth-order valence-corrected chi connectivity index (χ4v) is 2.05. The van der Waals surface area contributed by atoms with E-state index < -0.39 is 0 Å². The van der Waals surface area contributed by atoms with Crippen LogP contribution >= 0.6 is 0 Å². The predicted octanol–water partition coefficient (Wildman–Crippen LogP) is 2.45. The molecule has 1 aromatic heterocycles. The van der Waals surface area contributed by atoms with Gasteiger partial charge in [0, 0.05) is 31.9 Å². The molecule has 1 atom stereocenters. The lowest BCUT2D eigenvalue weighted by Gasteiger charge is -2.18. The zero-order valence-corrected chi connectivity index (χ0v) is 10.7. The molecule has 0 bridgehead atoms. The molecule has 1 unspecified atom stereocenters. The highest BCUT2D eigenvalue weighted by Crippen LogP contribution is 2.18. The first-order valence-corrected chi connectivity index (χ1v) is 6.15. The Morgan fingerprint density at radius 3 is 2.89 bits per heavy atom. The lowest BCUT2D eigenvalue weighted by molar-refractivity contribution is 0.524. The van der Waals surface area contributed by atoms with Gasteiger partial charge in [-0.15, -0.1) is 0 Å². The number of nitrogens with zero attached hydrogens (tertiary/aromatic N) is 2. The van der Waals surface area contributed by atoms with Gasteiger partial charge in [0.2, 0.25) is 0 Å². The van der Waals surface area contributed by atoms with Crippen molar-refractivity contribution in [1.29, 1.82) is 0 Å². The molecule has 0 saturated heterocycles. The van der Waals surface area contributed by atoms with Crippen LogP contribution in [0, 0.1) is 5.82 Å². The van der Waals surface area contributed by atoms with Crippen molar-refractivity contribution in [3.8, 4) is 0 Å². The third-order valence-corrected chi connectivity index (χ3v) is 3.01. The summed E-state index contributed by atoms with van der Waals surface area (Å²) in [6.45, 7) is 2.89. The summed E-state index contributed by atoms with van der Waals surface area (Å²) in [5.41, 5.74) is 0.958. The topological polar surface area (TPSA) is 29.9 Å². The van der Waals surface area contributed by atoms with E-state index in [1.165, 1.54) is 6.07 Å². The first-order valence-electron chi connectivity index (χ1n) is 6.15. The zero-order valence-electron chi connectivity index (χ0n) is 10.7. The second-order valence-electron chi connectivity index (χ2n) is 4.32. The van der Waals surface area contributed by atoms with Crippen molar-refractivity contribution in [3.05, 3.63) is 53.9 Å². The molecule has 0 aliphatic heterocycles. The fourth-order valence-electron chi connectivity index (χ4n) is 2.05. The van der Waals surface area contributed by atoms with Crippen molar-refractivity contribution < 1.29 is 4.39 Å². The van der Waals surface area contributed by atoms with Crippen molar-refractivity contribution in [3.63, 3.8) is 0 Å². The van der Waals surface area contributed by atoms with Crippen molar-refractivity contribution in [2.75, 3.05) is 6.54 Å². The zero-order chi connectivity index (χ0) is 13.0. The van der Waals surface area contributed by atoms with Crippen molar-refractivity contribution in [1.82, 2.24) is 14.9 Å². The number of likely N-dealkylation sites (N-methyl/N-ethyl adjacent to an activating group) is 1. The first kappa shape index (κ1) is 12.8. The van der Waals surface area contributed by atoms with E-state index in [0.29, 0.717) is 0 Å². The van der Waals surface area contributed by atoms with Crippen LogP contribution in [0.1, 0.15) is 24.4 Å². The van der Waals surface area contributed by atoms with E-state index in [-0.39, 0.29) is 11.9 Å². The summed E-state index contributed by atoms with van der Waals surface area (Å²) in [5.74, 6) is 0.792. The highest BCUT2D eigenvalue weighted by Gasteiger charge is 2.14. The molecule has 2 aromatic rings. The molecule has 1 N–H and O–H groups in total. The maximum atomic E-state index is 13.3. The fraction of sp³-hybridized carbons (Fsp3) is 0.357. The molecule has 96 valence electrons. The number of hydrogen-bond donors (Lipinski definition) is 1. The number of rotatable bonds is 5. The van der Waals surface area contributed by atoms with Gasteiger partial charge in [-0.1, -0.05) is 19.1 Å². The van der Waals surface area contributed by atoms with Crippen molar-refractivity contribution >= 4 is 0 Å². The molecular weight excluding hydrogens is 229 g/mol. The highest BCUT2D eigenvalue weighted by molar-refractivity contribution is 5.21. The van der Waals surface area contributed by atoms with E-state index in [2.05, 4.69) is 10.3 Å². The number of aryl methyl sites for hydroxylation is 1. The van der Waals surface area contributed by atoms with E-state index in [0.717, 1.165) is 24.4 Å². The minimum absolute atomic E-state index is 0.0896. The van der Waals surface area contributed by atoms with Crippen LogP contribution in [-0.2, 0) is 13.5 Å². The second-order valence-corrected chi connectivity index (χ2v) is 4.32. The largest absolute Gasteiger partial charge is 0.338 e. The lowest BCUT2D eigenvalue weighted by Crippen LogP contribution is -2.24. The molecule has 4 heteroatoms. The van der Waals surface area contributed by atoms with Gasteiger partial charge in [0.25, 0.3) is 0 Å². The Hall–Kier alpha value is -1.68. The van der Waals surface area contributed by atoms with Crippen LogP contribution < -0.4 is 5.32 Å². The van der Waals surface area contributed by atoms with Crippen molar-refractivity contribution in [2.24, 2.45) is 7.05 Å². The quantitative estimate of drug-likeness (QED) is 0.879. The van der Waals surface area contributed by atoms with Crippen LogP contribution in [0.5, 0.6) is 0 Å². The molecule has 18 heavy (non-hydrogen) atoms. The summed E-state index contributed by atoms with van der Waals surface area (Å²) >= 11 is 0. The molecule has 0 spiro atoms. The normalized spacial score (nSPS) is 12.6. The average Bonchev–Trinajstić information content (AvgIpc) is 2.74. The molecule has 1 heterocycles. The van der Waals surface area contributed by atoms with Gasteiger partial charge in [0.1, 0.15) is 11.6 Å². The molecule has 0 aliphatic rings. The maximum Gasteiger partial charge on any atom is 0.123 e. The van der Waals surface area contributed by atoms with Crippen LogP contribution in [0.15, 0.2) is 36.7 Å². The van der Waals surface area contributed by atoms with E-state index >= 15 is 0 Å². The number of benzene rings is 1. The Balaban J connectivity index is 2.20. The van der Waals surface area contributed by atoms with E-state index in [1.807, 2.05) is 30.8 Å². The van der Waals surface area contributed by atoms with Crippen LogP contribution in [0.2, 0.25) is 0 Å². The standard InChI is InChI=1S/C14H18FN3/c1-3-16-13(10-14-17-7-8-18(14)2)11-5-4-6-12(15)9-11/h4-9,13,16H,3,10H2,1-2H3. The predicted molar refractivity (Wildman–Crippen MR) is 69.7 cm³/mol. The summed E-state index contributed by atoms with van der Waals surface area (Å²) in [6, 6.07) is 6.82. The number of aromatic nitrogens is 2. The summed E-state index contributed by atoms with van der Waals surface area (Å²) < 4.78 is 15.3. The van der Waals surface area contributed by atoms with E-state index in [1.54, 1.807) is 18.3 Å². The van der Waals surface area contributed by atoms with Gasteiger partial charge >= 0.3 is 0 Å². The Kier molecular flexibility index (Phi) is 4.10. The van der Waals surface area contributed by atoms with E-state index in [9.17, 15) is 4.39 Å². The average molecular weight is 247 g/mol. The van der Waals surface area contributed by atoms with Crippen LogP contribution in [0.4, 0.5) is 4.39 Å². The molecule has 1 aromatic carbocycles. The lowest BCUT2D eigenvalue weighted by atomic mass is 10.0. The molecule has 0 amide bonds. The molecular formula is C14H18FN3. The van der Waals surface area contributed by atoms with Crippen LogP contribution in [0.3, 0.4) is 0 Å². The highest BCUT2D eigenvalue weighted by atomic mass is 19.1. The van der Waals surface area contributed by atoms with Crippen molar-refractivity contribution in [2.45, 2.75) is 19.4 Å². The Bertz CT molecular complexity index is 507.